The predicted molar refractivity (Wildman–Crippen MR) is 94.3 cm³/mol. The number of carbonyl (C=O) groups excluding carboxylic acids is 1. The summed E-state index contributed by atoms with van der Waals surface area (Å²) in [6.45, 7) is -0.291. The van der Waals surface area contributed by atoms with Crippen molar-refractivity contribution in [2.75, 3.05) is 18.2 Å². The summed E-state index contributed by atoms with van der Waals surface area (Å²) in [4.78, 5) is 32.9. The van der Waals surface area contributed by atoms with Crippen LogP contribution in [0.25, 0.3) is 0 Å². The van der Waals surface area contributed by atoms with Gasteiger partial charge in [0.05, 0.1) is 17.8 Å². The summed E-state index contributed by atoms with van der Waals surface area (Å²) in [5.74, 6) is -0.374. The molecule has 0 bridgehead atoms. The van der Waals surface area contributed by atoms with E-state index in [1.807, 2.05) is 0 Å². The smallest absolute Gasteiger partial charge is 0.325 e. The largest absolute Gasteiger partial charge is 0.490 e. The molecule has 0 saturated carbocycles. The molecule has 0 aliphatic heterocycles. The van der Waals surface area contributed by atoms with Crippen LogP contribution in [0, 0.1) is 10.1 Å². The van der Waals surface area contributed by atoms with Gasteiger partial charge in [-0.2, -0.15) is 5.10 Å². The molecule has 2 rings (SSSR count). The van der Waals surface area contributed by atoms with E-state index in [2.05, 4.69) is 10.4 Å². The van der Waals surface area contributed by atoms with Crippen LogP contribution in [0.4, 0.5) is 11.5 Å². The number of amides is 1. The minimum atomic E-state index is -1.03. The van der Waals surface area contributed by atoms with Crippen LogP contribution in [0.2, 0.25) is 0 Å². The van der Waals surface area contributed by atoms with Crippen LogP contribution in [0.1, 0.15) is 5.56 Å². The number of aromatic nitrogens is 2. The van der Waals surface area contributed by atoms with Gasteiger partial charge in [-0.1, -0.05) is 6.07 Å². The second kappa shape index (κ2) is 8.85. The Bertz CT molecular complexity index is 822. The van der Waals surface area contributed by atoms with Gasteiger partial charge in [-0.05, 0) is 11.6 Å². The molecule has 138 valence electrons. The summed E-state index contributed by atoms with van der Waals surface area (Å²) in [5.41, 5.74) is 0.569. The standard InChI is InChI=1S/C15H16N4O6S/c1-25-12-3-2-10(6-11(12)19(23)24)8-26-9-14(20)16-13-4-5-18(17-13)7-15(21)22/h2-6H,7-9H2,1H3,(H,21,22)(H,16,17,20). The molecule has 0 atom stereocenters. The van der Waals surface area contributed by atoms with Crippen molar-refractivity contribution in [3.8, 4) is 5.75 Å². The van der Waals surface area contributed by atoms with Gasteiger partial charge in [0.15, 0.2) is 11.6 Å². The van der Waals surface area contributed by atoms with Crippen LogP contribution in [0.5, 0.6) is 5.75 Å². The lowest BCUT2D eigenvalue weighted by molar-refractivity contribution is -0.385. The zero-order chi connectivity index (χ0) is 19.1. The number of ether oxygens (including phenoxy) is 1. The highest BCUT2D eigenvalue weighted by Gasteiger charge is 2.15. The molecule has 1 heterocycles. The Kier molecular flexibility index (Phi) is 6.55. The normalized spacial score (nSPS) is 10.3. The maximum Gasteiger partial charge on any atom is 0.325 e. The summed E-state index contributed by atoms with van der Waals surface area (Å²) < 4.78 is 6.13. The van der Waals surface area contributed by atoms with Crippen molar-refractivity contribution >= 4 is 35.1 Å². The van der Waals surface area contributed by atoms with E-state index in [1.54, 1.807) is 6.07 Å². The maximum atomic E-state index is 11.9. The van der Waals surface area contributed by atoms with Gasteiger partial charge in [-0.3, -0.25) is 24.4 Å². The minimum absolute atomic E-state index is 0.117. The van der Waals surface area contributed by atoms with E-state index in [0.29, 0.717) is 11.3 Å². The molecule has 0 radical (unpaired) electrons. The maximum absolute atomic E-state index is 11.9. The van der Waals surface area contributed by atoms with Gasteiger partial charge in [0.1, 0.15) is 6.54 Å². The number of anilines is 1. The van der Waals surface area contributed by atoms with Crippen LogP contribution >= 0.6 is 11.8 Å². The topological polar surface area (TPSA) is 137 Å². The van der Waals surface area contributed by atoms with Crippen molar-refractivity contribution in [2.45, 2.75) is 12.3 Å². The number of methoxy groups -OCH3 is 1. The first-order valence-electron chi connectivity index (χ1n) is 7.33. The van der Waals surface area contributed by atoms with Gasteiger partial charge in [0, 0.05) is 24.1 Å². The Morgan fingerprint density at radius 1 is 1.42 bits per heavy atom. The second-order valence-corrected chi connectivity index (χ2v) is 6.08. The molecular weight excluding hydrogens is 364 g/mol. The average Bonchev–Trinajstić information content (AvgIpc) is 3.00. The summed E-state index contributed by atoms with van der Waals surface area (Å²) in [6.07, 6.45) is 1.45. The molecule has 11 heteroatoms. The second-order valence-electron chi connectivity index (χ2n) is 5.10. The third-order valence-corrected chi connectivity index (χ3v) is 4.15. The van der Waals surface area contributed by atoms with E-state index in [0.717, 1.165) is 0 Å². The molecule has 1 aromatic carbocycles. The number of hydrogen-bond acceptors (Lipinski definition) is 7. The molecule has 10 nitrogen and oxygen atoms in total. The van der Waals surface area contributed by atoms with Crippen LogP contribution in [-0.2, 0) is 21.9 Å². The number of carbonyl (C=O) groups is 2. The lowest BCUT2D eigenvalue weighted by Gasteiger charge is -2.05. The lowest BCUT2D eigenvalue weighted by Crippen LogP contribution is -2.15. The lowest BCUT2D eigenvalue weighted by atomic mass is 10.2. The number of nitrogens with zero attached hydrogens (tertiary/aromatic N) is 3. The summed E-state index contributed by atoms with van der Waals surface area (Å²) in [6, 6.07) is 6.13. The summed E-state index contributed by atoms with van der Waals surface area (Å²) >= 11 is 1.28. The van der Waals surface area contributed by atoms with Gasteiger partial charge in [0.25, 0.3) is 0 Å². The monoisotopic (exact) mass is 380 g/mol. The Morgan fingerprint density at radius 2 is 2.19 bits per heavy atom. The van der Waals surface area contributed by atoms with Crippen molar-refractivity contribution < 1.29 is 24.4 Å². The Morgan fingerprint density at radius 3 is 2.85 bits per heavy atom. The van der Waals surface area contributed by atoms with E-state index in [1.165, 1.54) is 47.9 Å². The van der Waals surface area contributed by atoms with Gasteiger partial charge >= 0.3 is 11.7 Å². The molecule has 0 fully saturated rings. The number of nitro benzene ring substituents is 1. The average molecular weight is 380 g/mol. The number of thioether (sulfide) groups is 1. The molecule has 0 spiro atoms. The molecular formula is C15H16N4O6S. The van der Waals surface area contributed by atoms with Crippen LogP contribution in [0.3, 0.4) is 0 Å². The fourth-order valence-electron chi connectivity index (χ4n) is 2.06. The van der Waals surface area contributed by atoms with E-state index >= 15 is 0 Å². The number of benzene rings is 1. The highest BCUT2D eigenvalue weighted by Crippen LogP contribution is 2.28. The number of rotatable bonds is 9. The first-order valence-corrected chi connectivity index (χ1v) is 8.48. The van der Waals surface area contributed by atoms with Crippen molar-refractivity contribution in [1.82, 2.24) is 9.78 Å². The molecule has 0 aliphatic carbocycles. The van der Waals surface area contributed by atoms with Crippen molar-refractivity contribution in [1.29, 1.82) is 0 Å². The molecule has 1 aromatic heterocycles. The predicted octanol–water partition coefficient (Wildman–Crippen LogP) is 1.76. The molecule has 2 aromatic rings. The van der Waals surface area contributed by atoms with Gasteiger partial charge in [-0.15, -0.1) is 11.8 Å². The van der Waals surface area contributed by atoms with E-state index in [-0.39, 0.29) is 35.5 Å². The van der Waals surface area contributed by atoms with Crippen molar-refractivity contribution in [2.24, 2.45) is 0 Å². The minimum Gasteiger partial charge on any atom is -0.490 e. The fraction of sp³-hybridized carbons (Fsp3) is 0.267. The Hall–Kier alpha value is -3.08. The van der Waals surface area contributed by atoms with Crippen LogP contribution in [0.15, 0.2) is 30.5 Å². The molecule has 26 heavy (non-hydrogen) atoms. The quantitative estimate of drug-likeness (QED) is 0.496. The van der Waals surface area contributed by atoms with Crippen LogP contribution < -0.4 is 10.1 Å². The van der Waals surface area contributed by atoms with Gasteiger partial charge in [-0.25, -0.2) is 0 Å². The number of hydrogen-bond donors (Lipinski definition) is 2. The third-order valence-electron chi connectivity index (χ3n) is 3.15. The van der Waals surface area contributed by atoms with E-state index in [4.69, 9.17) is 9.84 Å². The number of carboxylic acid groups (broad SMARTS) is 1. The van der Waals surface area contributed by atoms with E-state index < -0.39 is 10.9 Å². The highest BCUT2D eigenvalue weighted by atomic mass is 32.2. The van der Waals surface area contributed by atoms with E-state index in [9.17, 15) is 19.7 Å². The zero-order valence-corrected chi connectivity index (χ0v) is 14.6. The Balaban J connectivity index is 1.84. The van der Waals surface area contributed by atoms with Crippen molar-refractivity contribution in [3.63, 3.8) is 0 Å². The zero-order valence-electron chi connectivity index (χ0n) is 13.7. The highest BCUT2D eigenvalue weighted by molar-refractivity contribution is 7.99. The molecule has 0 unspecified atom stereocenters. The number of nitrogens with one attached hydrogen (secondary N) is 1. The number of carboxylic acids is 1. The van der Waals surface area contributed by atoms with Crippen molar-refractivity contribution in [3.05, 3.63) is 46.1 Å². The Labute approximate surface area is 152 Å². The molecule has 1 amide bonds. The first-order chi connectivity index (χ1) is 12.4. The molecule has 0 aliphatic rings. The SMILES string of the molecule is COc1ccc(CSCC(=O)Nc2ccn(CC(=O)O)n2)cc1[N+](=O)[O-]. The number of aliphatic carboxylic acids is 1. The first kappa shape index (κ1) is 19.2. The van der Waals surface area contributed by atoms with Gasteiger partial charge in [0.2, 0.25) is 5.91 Å². The summed E-state index contributed by atoms with van der Waals surface area (Å²) in [7, 11) is 1.36. The van der Waals surface area contributed by atoms with Crippen LogP contribution in [-0.4, -0.2) is 44.5 Å². The number of nitro groups is 1. The van der Waals surface area contributed by atoms with Gasteiger partial charge < -0.3 is 15.2 Å². The summed E-state index contributed by atoms with van der Waals surface area (Å²) in [5, 5.41) is 26.1. The molecule has 2 N–H and O–H groups in total. The molecule has 0 saturated heterocycles. The third kappa shape index (κ3) is 5.48. The fourth-order valence-corrected chi connectivity index (χ4v) is 2.84.